The van der Waals surface area contributed by atoms with E-state index in [-0.39, 0.29) is 17.5 Å². The second-order valence-corrected chi connectivity index (χ2v) is 11.8. The lowest BCUT2D eigenvalue weighted by Gasteiger charge is -2.21. The average molecular weight is 564 g/mol. The highest BCUT2D eigenvalue weighted by Gasteiger charge is 2.23. The largest absolute Gasteiger partial charge is 0.457 e. The highest BCUT2D eigenvalue weighted by atomic mass is 35.5. The van der Waals surface area contributed by atoms with Crippen LogP contribution in [0.3, 0.4) is 0 Å². The van der Waals surface area contributed by atoms with E-state index in [0.29, 0.717) is 22.2 Å². The number of imidazole rings is 1. The third-order valence-corrected chi connectivity index (χ3v) is 8.81. The predicted octanol–water partition coefficient (Wildman–Crippen LogP) is 6.53. The molecule has 0 spiro atoms. The van der Waals surface area contributed by atoms with Gasteiger partial charge in [-0.05, 0) is 54.8 Å². The van der Waals surface area contributed by atoms with Crippen molar-refractivity contribution in [3.8, 4) is 22.8 Å². The van der Waals surface area contributed by atoms with Gasteiger partial charge in [-0.15, -0.1) is 0 Å². The van der Waals surface area contributed by atoms with E-state index in [9.17, 15) is 8.42 Å². The van der Waals surface area contributed by atoms with Gasteiger partial charge >= 0.3 is 0 Å². The first kappa shape index (κ1) is 27.1. The van der Waals surface area contributed by atoms with Crippen LogP contribution >= 0.6 is 11.6 Å². The van der Waals surface area contributed by atoms with Crippen molar-refractivity contribution in [2.24, 2.45) is 0 Å². The summed E-state index contributed by atoms with van der Waals surface area (Å²) in [5.74, 6) is 1.01. The number of rotatable bonds is 9. The zero-order chi connectivity index (χ0) is 27.6. The molecule has 2 heterocycles. The standard InChI is InChI=1S/C30H30ClN3O4S/c1-4-28-29(34-17-7-12-27(31)30(34)32-28)22-8-5-9-24(18-22)38-25-10-6-11-26(19-25)39(35,36)33(2)20-21-13-15-23(37-3)16-14-21/h5-15,17-19,23H,4,16,20H2,1-3H3. The maximum atomic E-state index is 13.3. The van der Waals surface area contributed by atoms with Crippen LogP contribution in [0.25, 0.3) is 16.9 Å². The van der Waals surface area contributed by atoms with Crippen molar-refractivity contribution in [2.75, 3.05) is 20.7 Å². The number of nitrogens with zero attached hydrogens (tertiary/aromatic N) is 3. The van der Waals surface area contributed by atoms with Crippen molar-refractivity contribution in [1.82, 2.24) is 13.7 Å². The molecule has 0 saturated carbocycles. The molecule has 7 nitrogen and oxygen atoms in total. The lowest BCUT2D eigenvalue weighted by atomic mass is 10.1. The van der Waals surface area contributed by atoms with E-state index in [1.807, 2.05) is 65.2 Å². The summed E-state index contributed by atoms with van der Waals surface area (Å²) in [4.78, 5) is 4.90. The fourth-order valence-electron chi connectivity index (χ4n) is 4.63. The summed E-state index contributed by atoms with van der Waals surface area (Å²) in [7, 11) is -0.489. The van der Waals surface area contributed by atoms with Gasteiger partial charge in [-0.25, -0.2) is 13.4 Å². The molecule has 1 unspecified atom stereocenters. The molecule has 9 heteroatoms. The maximum absolute atomic E-state index is 13.3. The Morgan fingerprint density at radius 3 is 2.59 bits per heavy atom. The average Bonchev–Trinajstić information content (AvgIpc) is 3.34. The Hall–Kier alpha value is -3.43. The third kappa shape index (κ3) is 5.65. The third-order valence-electron chi connectivity index (χ3n) is 6.71. The van der Waals surface area contributed by atoms with Crippen LogP contribution in [0.2, 0.25) is 5.02 Å². The van der Waals surface area contributed by atoms with Crippen LogP contribution in [0.5, 0.6) is 11.5 Å². The predicted molar refractivity (Wildman–Crippen MR) is 154 cm³/mol. The number of ether oxygens (including phenoxy) is 2. The van der Waals surface area contributed by atoms with Crippen LogP contribution < -0.4 is 4.74 Å². The summed E-state index contributed by atoms with van der Waals surface area (Å²) < 4.78 is 41.5. The zero-order valence-corrected chi connectivity index (χ0v) is 23.6. The molecule has 2 aromatic heterocycles. The van der Waals surface area contributed by atoms with E-state index in [0.717, 1.165) is 35.4 Å². The lowest BCUT2D eigenvalue weighted by molar-refractivity contribution is 0.142. The zero-order valence-electron chi connectivity index (χ0n) is 22.0. The van der Waals surface area contributed by atoms with Crippen LogP contribution in [-0.2, 0) is 21.2 Å². The van der Waals surface area contributed by atoms with Gasteiger partial charge in [0.1, 0.15) is 11.5 Å². The summed E-state index contributed by atoms with van der Waals surface area (Å²) in [6.45, 7) is 2.32. The van der Waals surface area contributed by atoms with Crippen molar-refractivity contribution in [1.29, 1.82) is 0 Å². The molecule has 39 heavy (non-hydrogen) atoms. The maximum Gasteiger partial charge on any atom is 0.243 e. The Morgan fingerprint density at radius 2 is 1.87 bits per heavy atom. The first-order valence-corrected chi connectivity index (χ1v) is 14.5. The molecule has 2 aromatic carbocycles. The molecule has 0 fully saturated rings. The highest BCUT2D eigenvalue weighted by Crippen LogP contribution is 2.33. The Bertz CT molecular complexity index is 1680. The smallest absolute Gasteiger partial charge is 0.243 e. The number of halogens is 1. The van der Waals surface area contributed by atoms with Crippen molar-refractivity contribution in [2.45, 2.75) is 30.8 Å². The summed E-state index contributed by atoms with van der Waals surface area (Å²) in [6, 6.07) is 17.9. The second kappa shape index (κ2) is 11.4. The molecular weight excluding hydrogens is 534 g/mol. The molecule has 0 radical (unpaired) electrons. The number of sulfonamides is 1. The number of likely N-dealkylation sites (N-methyl/N-ethyl adjacent to an activating group) is 1. The Labute approximate surface area is 234 Å². The SMILES string of the molecule is CCc1nc2c(Cl)cccn2c1-c1cccc(Oc2cccc(S(=O)(=O)N(C)CC3=CCC(OC)C=C3)c2)c1. The minimum Gasteiger partial charge on any atom is -0.457 e. The normalized spacial score (nSPS) is 15.6. The van der Waals surface area contributed by atoms with Crippen LogP contribution in [0.4, 0.5) is 0 Å². The van der Waals surface area contributed by atoms with Crippen LogP contribution in [0.1, 0.15) is 19.0 Å². The first-order chi connectivity index (χ1) is 18.8. The number of fused-ring (bicyclic) bond motifs is 1. The molecule has 4 aromatic rings. The van der Waals surface area contributed by atoms with Crippen LogP contribution in [0, 0.1) is 0 Å². The first-order valence-electron chi connectivity index (χ1n) is 12.7. The Kier molecular flexibility index (Phi) is 7.91. The molecule has 5 rings (SSSR count). The molecule has 1 aliphatic rings. The van der Waals surface area contributed by atoms with Crippen LogP contribution in [-0.4, -0.2) is 48.9 Å². The van der Waals surface area contributed by atoms with E-state index in [4.69, 9.17) is 26.1 Å². The number of pyridine rings is 1. The number of hydrogen-bond donors (Lipinski definition) is 0. The molecule has 202 valence electrons. The Balaban J connectivity index is 1.38. The van der Waals surface area contributed by atoms with Gasteiger partial charge in [0, 0.05) is 38.5 Å². The Morgan fingerprint density at radius 1 is 1.10 bits per heavy atom. The van der Waals surface area contributed by atoms with E-state index >= 15 is 0 Å². The van der Waals surface area contributed by atoms with Gasteiger partial charge in [-0.3, -0.25) is 4.40 Å². The fraction of sp³-hybridized carbons (Fsp3) is 0.233. The number of aromatic nitrogens is 2. The number of benzene rings is 2. The molecule has 0 amide bonds. The van der Waals surface area contributed by atoms with E-state index in [1.165, 1.54) is 4.31 Å². The van der Waals surface area contributed by atoms with Crippen LogP contribution in [0.15, 0.2) is 95.6 Å². The van der Waals surface area contributed by atoms with Crippen molar-refractivity contribution < 1.29 is 17.9 Å². The van der Waals surface area contributed by atoms with E-state index < -0.39 is 10.0 Å². The fourth-order valence-corrected chi connectivity index (χ4v) is 6.03. The number of methoxy groups -OCH3 is 1. The molecule has 1 atom stereocenters. The van der Waals surface area contributed by atoms with Crippen molar-refractivity contribution >= 4 is 27.3 Å². The van der Waals surface area contributed by atoms with Gasteiger partial charge < -0.3 is 9.47 Å². The van der Waals surface area contributed by atoms with Gasteiger partial charge in [-0.2, -0.15) is 4.31 Å². The molecule has 0 bridgehead atoms. The minimum atomic E-state index is -3.73. The summed E-state index contributed by atoms with van der Waals surface area (Å²) in [6.07, 6.45) is 9.31. The van der Waals surface area contributed by atoms with Gasteiger partial charge in [0.25, 0.3) is 0 Å². The minimum absolute atomic E-state index is 0.0297. The molecule has 0 N–H and O–H groups in total. The summed E-state index contributed by atoms with van der Waals surface area (Å²) >= 11 is 6.39. The highest BCUT2D eigenvalue weighted by molar-refractivity contribution is 7.89. The van der Waals surface area contributed by atoms with Crippen molar-refractivity contribution in [3.05, 3.63) is 101 Å². The lowest BCUT2D eigenvalue weighted by Crippen LogP contribution is -2.29. The summed E-state index contributed by atoms with van der Waals surface area (Å²) in [5.41, 5.74) is 4.43. The van der Waals surface area contributed by atoms with Gasteiger partial charge in [0.2, 0.25) is 10.0 Å². The van der Waals surface area contributed by atoms with E-state index in [1.54, 1.807) is 38.4 Å². The van der Waals surface area contributed by atoms with Crippen molar-refractivity contribution in [3.63, 3.8) is 0 Å². The molecular formula is C30H30ClN3O4S. The molecule has 1 aliphatic carbocycles. The molecule has 0 saturated heterocycles. The monoisotopic (exact) mass is 563 g/mol. The second-order valence-electron chi connectivity index (χ2n) is 9.32. The quantitative estimate of drug-likeness (QED) is 0.231. The number of aryl methyl sites for hydroxylation is 1. The van der Waals surface area contributed by atoms with Gasteiger partial charge in [-0.1, -0.05) is 55.0 Å². The van der Waals surface area contributed by atoms with Gasteiger partial charge in [0.15, 0.2) is 5.65 Å². The number of hydrogen-bond acceptors (Lipinski definition) is 5. The molecule has 0 aliphatic heterocycles. The van der Waals surface area contributed by atoms with Gasteiger partial charge in [0.05, 0.1) is 27.4 Å². The van der Waals surface area contributed by atoms with E-state index in [2.05, 4.69) is 6.92 Å². The topological polar surface area (TPSA) is 73.1 Å². The summed E-state index contributed by atoms with van der Waals surface area (Å²) in [5, 5.41) is 0.587.